The van der Waals surface area contributed by atoms with E-state index in [0.717, 1.165) is 0 Å². The van der Waals surface area contributed by atoms with E-state index in [1.807, 2.05) is 6.07 Å². The summed E-state index contributed by atoms with van der Waals surface area (Å²) in [4.78, 5) is 19.4. The van der Waals surface area contributed by atoms with E-state index in [4.69, 9.17) is 15.7 Å². The average molecular weight is 348 g/mol. The van der Waals surface area contributed by atoms with Gasteiger partial charge in [0.2, 0.25) is 0 Å². The number of hydrogen-bond acceptors (Lipinski definition) is 5. The van der Waals surface area contributed by atoms with Crippen molar-refractivity contribution >= 4 is 5.91 Å². The average Bonchev–Trinajstić information content (AvgIpc) is 2.67. The van der Waals surface area contributed by atoms with Crippen LogP contribution in [0, 0.1) is 17.1 Å². The maximum atomic E-state index is 13.2. The molecule has 0 unspecified atom stereocenters. The number of carbonyl (C=O) groups is 1. The quantitative estimate of drug-likeness (QED) is 0.764. The number of halogens is 1. The number of hydrogen-bond donors (Lipinski definition) is 1. The number of aromatic nitrogens is 2. The Balaban J connectivity index is 1.94. The fourth-order valence-electron chi connectivity index (χ4n) is 2.34. The van der Waals surface area contributed by atoms with Crippen molar-refractivity contribution in [1.82, 2.24) is 9.97 Å². The van der Waals surface area contributed by atoms with E-state index in [2.05, 4.69) is 9.97 Å². The first-order chi connectivity index (χ1) is 12.6. The van der Waals surface area contributed by atoms with Crippen LogP contribution in [0.25, 0.3) is 11.1 Å². The summed E-state index contributed by atoms with van der Waals surface area (Å²) in [7, 11) is 0. The summed E-state index contributed by atoms with van der Waals surface area (Å²) in [5, 5.41) is 8.93. The molecule has 26 heavy (non-hydrogen) atoms. The molecule has 6 nitrogen and oxygen atoms in total. The molecule has 7 heteroatoms. The van der Waals surface area contributed by atoms with Gasteiger partial charge in [-0.2, -0.15) is 5.26 Å². The van der Waals surface area contributed by atoms with Gasteiger partial charge in [-0.25, -0.2) is 9.37 Å². The van der Waals surface area contributed by atoms with Crippen molar-refractivity contribution in [2.45, 2.75) is 6.61 Å². The topological polar surface area (TPSA) is 102 Å². The Morgan fingerprint density at radius 1 is 1.19 bits per heavy atom. The first-order valence-electron chi connectivity index (χ1n) is 7.59. The Hall–Kier alpha value is -3.79. The lowest BCUT2D eigenvalue weighted by molar-refractivity contribution is 0.0995. The van der Waals surface area contributed by atoms with Crippen molar-refractivity contribution < 1.29 is 13.9 Å². The van der Waals surface area contributed by atoms with Gasteiger partial charge in [-0.05, 0) is 29.8 Å². The van der Waals surface area contributed by atoms with Crippen molar-refractivity contribution in [3.63, 3.8) is 0 Å². The highest BCUT2D eigenvalue weighted by molar-refractivity contribution is 5.92. The zero-order chi connectivity index (χ0) is 18.5. The van der Waals surface area contributed by atoms with Gasteiger partial charge >= 0.3 is 0 Å². The van der Waals surface area contributed by atoms with E-state index >= 15 is 0 Å². The predicted octanol–water partition coefficient (Wildman–Crippen LogP) is 2.83. The number of nitrogens with zero attached hydrogens (tertiary/aromatic N) is 3. The van der Waals surface area contributed by atoms with Crippen LogP contribution in [0.5, 0.6) is 5.75 Å². The molecule has 2 heterocycles. The van der Waals surface area contributed by atoms with Gasteiger partial charge in [0.1, 0.15) is 29.9 Å². The van der Waals surface area contributed by atoms with Gasteiger partial charge in [-0.1, -0.05) is 12.1 Å². The molecule has 0 atom stereocenters. The fraction of sp³-hybridized carbons (Fsp3) is 0.0526. The first kappa shape index (κ1) is 17.0. The molecule has 0 saturated heterocycles. The van der Waals surface area contributed by atoms with Gasteiger partial charge < -0.3 is 10.5 Å². The minimum Gasteiger partial charge on any atom is -0.487 e. The van der Waals surface area contributed by atoms with Crippen molar-refractivity contribution in [3.05, 3.63) is 77.6 Å². The number of primary amides is 1. The van der Waals surface area contributed by atoms with Gasteiger partial charge in [-0.3, -0.25) is 9.78 Å². The van der Waals surface area contributed by atoms with Crippen molar-refractivity contribution in [2.75, 3.05) is 0 Å². The zero-order valence-electron chi connectivity index (χ0n) is 13.5. The molecule has 0 saturated carbocycles. The summed E-state index contributed by atoms with van der Waals surface area (Å²) >= 11 is 0. The largest absolute Gasteiger partial charge is 0.487 e. The maximum absolute atomic E-state index is 13.2. The second kappa shape index (κ2) is 7.40. The maximum Gasteiger partial charge on any atom is 0.267 e. The molecule has 0 radical (unpaired) electrons. The molecule has 3 rings (SSSR count). The predicted molar refractivity (Wildman–Crippen MR) is 91.4 cm³/mol. The third-order valence-corrected chi connectivity index (χ3v) is 3.59. The smallest absolute Gasteiger partial charge is 0.267 e. The summed E-state index contributed by atoms with van der Waals surface area (Å²) in [6, 6.07) is 10.9. The Morgan fingerprint density at radius 2 is 1.96 bits per heavy atom. The highest BCUT2D eigenvalue weighted by Crippen LogP contribution is 2.30. The minimum atomic E-state index is -0.675. The normalized spacial score (nSPS) is 10.2. The van der Waals surface area contributed by atoms with Crippen LogP contribution in [-0.2, 0) is 6.61 Å². The summed E-state index contributed by atoms with van der Waals surface area (Å²) in [6.07, 6.45) is 4.43. The molecule has 2 N–H and O–H groups in total. The van der Waals surface area contributed by atoms with Crippen LogP contribution in [0.1, 0.15) is 21.6 Å². The Morgan fingerprint density at radius 3 is 2.65 bits per heavy atom. The lowest BCUT2D eigenvalue weighted by Crippen LogP contribution is -2.13. The van der Waals surface area contributed by atoms with Gasteiger partial charge in [0.15, 0.2) is 0 Å². The number of amides is 1. The van der Waals surface area contributed by atoms with Crippen LogP contribution in [0.15, 0.2) is 55.0 Å². The standard InChI is InChI=1S/C19H13FN4O2/c20-15-3-1-14(2-4-15)16-6-17(19(22)25)24-10-18(16)26-11-13-5-12(7-21)8-23-9-13/h1-6,8-10H,11H2,(H2,22,25). The molecule has 0 spiro atoms. The Kier molecular flexibility index (Phi) is 4.85. The molecule has 0 aliphatic rings. The van der Waals surface area contributed by atoms with E-state index in [0.29, 0.717) is 28.0 Å². The number of carbonyl (C=O) groups excluding carboxylic acids is 1. The second-order valence-electron chi connectivity index (χ2n) is 5.42. The number of nitrogens with two attached hydrogens (primary N) is 1. The van der Waals surface area contributed by atoms with Crippen molar-refractivity contribution in [1.29, 1.82) is 5.26 Å². The third kappa shape index (κ3) is 3.82. The van der Waals surface area contributed by atoms with Gasteiger partial charge in [0.25, 0.3) is 5.91 Å². The molecular weight excluding hydrogens is 335 g/mol. The summed E-state index contributed by atoms with van der Waals surface area (Å²) in [6.45, 7) is 0.147. The monoisotopic (exact) mass is 348 g/mol. The second-order valence-corrected chi connectivity index (χ2v) is 5.42. The molecule has 3 aromatic rings. The van der Waals surface area contributed by atoms with Crippen LogP contribution in [0.3, 0.4) is 0 Å². The van der Waals surface area contributed by atoms with Gasteiger partial charge in [0.05, 0.1) is 11.8 Å². The highest BCUT2D eigenvalue weighted by Gasteiger charge is 2.12. The molecule has 1 amide bonds. The molecule has 1 aromatic carbocycles. The van der Waals surface area contributed by atoms with Crippen LogP contribution in [0.4, 0.5) is 4.39 Å². The molecule has 128 valence electrons. The number of rotatable bonds is 5. The Bertz CT molecular complexity index is 997. The fourth-order valence-corrected chi connectivity index (χ4v) is 2.34. The van der Waals surface area contributed by atoms with E-state index in [1.54, 1.807) is 24.4 Å². The lowest BCUT2D eigenvalue weighted by atomic mass is 10.0. The lowest BCUT2D eigenvalue weighted by Gasteiger charge is -2.12. The van der Waals surface area contributed by atoms with Crippen LogP contribution >= 0.6 is 0 Å². The van der Waals surface area contributed by atoms with Gasteiger partial charge in [0, 0.05) is 23.5 Å². The molecule has 0 bridgehead atoms. The van der Waals surface area contributed by atoms with Crippen molar-refractivity contribution in [3.8, 4) is 22.9 Å². The molecule has 0 fully saturated rings. The van der Waals surface area contributed by atoms with Crippen LogP contribution in [0.2, 0.25) is 0 Å². The van der Waals surface area contributed by atoms with E-state index in [-0.39, 0.29) is 18.1 Å². The number of benzene rings is 1. The Labute approximate surface area is 148 Å². The summed E-state index contributed by atoms with van der Waals surface area (Å²) in [5.41, 5.74) is 7.69. The molecule has 0 aliphatic carbocycles. The SMILES string of the molecule is N#Cc1cncc(COc2cnc(C(N)=O)cc2-c2ccc(F)cc2)c1. The first-order valence-corrected chi connectivity index (χ1v) is 7.59. The molecular formula is C19H13FN4O2. The van der Waals surface area contributed by atoms with Crippen molar-refractivity contribution in [2.24, 2.45) is 5.73 Å². The zero-order valence-corrected chi connectivity index (χ0v) is 13.5. The number of pyridine rings is 2. The van der Waals surface area contributed by atoms with E-state index in [9.17, 15) is 9.18 Å². The van der Waals surface area contributed by atoms with E-state index in [1.165, 1.54) is 30.6 Å². The number of nitriles is 1. The third-order valence-electron chi connectivity index (χ3n) is 3.59. The van der Waals surface area contributed by atoms with Gasteiger partial charge in [-0.15, -0.1) is 0 Å². The molecule has 2 aromatic heterocycles. The molecule has 0 aliphatic heterocycles. The van der Waals surface area contributed by atoms with Crippen LogP contribution in [-0.4, -0.2) is 15.9 Å². The minimum absolute atomic E-state index is 0.0739. The summed E-state index contributed by atoms with van der Waals surface area (Å²) < 4.78 is 19.0. The van der Waals surface area contributed by atoms with Crippen LogP contribution < -0.4 is 10.5 Å². The summed E-state index contributed by atoms with van der Waals surface area (Å²) in [5.74, 6) is -0.658. The number of ether oxygens (including phenoxy) is 1. The highest BCUT2D eigenvalue weighted by atomic mass is 19.1. The van der Waals surface area contributed by atoms with E-state index < -0.39 is 5.91 Å².